The van der Waals surface area contributed by atoms with E-state index in [1.165, 1.54) is 19.2 Å². The zero-order valence-corrected chi connectivity index (χ0v) is 22.3. The Labute approximate surface area is 218 Å². The maximum Gasteiger partial charge on any atom is 0.513 e. The summed E-state index contributed by atoms with van der Waals surface area (Å²) in [6, 6.07) is 3.71. The molecule has 0 saturated carbocycles. The lowest BCUT2D eigenvalue weighted by atomic mass is 10.1. The summed E-state index contributed by atoms with van der Waals surface area (Å²) < 4.78 is 30.4. The van der Waals surface area contributed by atoms with E-state index in [-0.39, 0.29) is 50.3 Å². The van der Waals surface area contributed by atoms with E-state index in [0.717, 1.165) is 6.42 Å². The normalized spacial score (nSPS) is 11.4. The summed E-state index contributed by atoms with van der Waals surface area (Å²) in [6.07, 6.45) is 0.521. The zero-order chi connectivity index (χ0) is 27.6. The van der Waals surface area contributed by atoms with E-state index in [2.05, 4.69) is 5.32 Å². The summed E-state index contributed by atoms with van der Waals surface area (Å²) in [5, 5.41) is 3.01. The number of hydrogen-bond acceptors (Lipinski definition) is 11. The third-order valence-corrected chi connectivity index (χ3v) is 4.85. The molecule has 208 valence electrons. The molecule has 1 aromatic rings. The Morgan fingerprint density at radius 2 is 1.49 bits per heavy atom. The summed E-state index contributed by atoms with van der Waals surface area (Å²) in [7, 11) is 1.26. The Hall–Kier alpha value is -3.34. The molecule has 0 fully saturated rings. The van der Waals surface area contributed by atoms with Gasteiger partial charge in [0.25, 0.3) is 0 Å². The predicted octanol–water partition coefficient (Wildman–Crippen LogP) is 4.19. The number of hydrogen-bond donors (Lipinski definition) is 1. The van der Waals surface area contributed by atoms with E-state index in [1.54, 1.807) is 6.07 Å². The summed E-state index contributed by atoms with van der Waals surface area (Å²) in [6.45, 7) is 8.36. The molecule has 0 amide bonds. The topological polar surface area (TPSA) is 136 Å². The molecule has 1 N–H and O–H groups in total. The van der Waals surface area contributed by atoms with Crippen LogP contribution in [0.4, 0.5) is 9.59 Å². The van der Waals surface area contributed by atoms with Gasteiger partial charge in [0.05, 0.1) is 20.3 Å². The highest BCUT2D eigenvalue weighted by atomic mass is 16.7. The van der Waals surface area contributed by atoms with Crippen molar-refractivity contribution in [2.75, 3.05) is 33.5 Å². The van der Waals surface area contributed by atoms with E-state index < -0.39 is 24.3 Å². The molecular weight excluding hydrogens is 486 g/mol. The Balaban J connectivity index is 2.90. The minimum absolute atomic E-state index is 0.0470. The average molecular weight is 526 g/mol. The second-order valence-electron chi connectivity index (χ2n) is 8.57. The van der Waals surface area contributed by atoms with Crippen LogP contribution in [0.5, 0.6) is 11.5 Å². The Morgan fingerprint density at radius 1 is 0.865 bits per heavy atom. The van der Waals surface area contributed by atoms with Gasteiger partial charge in [-0.1, -0.05) is 33.8 Å². The van der Waals surface area contributed by atoms with Crippen LogP contribution in [0, 0.1) is 5.92 Å². The van der Waals surface area contributed by atoms with E-state index in [4.69, 9.17) is 28.4 Å². The molecule has 37 heavy (non-hydrogen) atoms. The van der Waals surface area contributed by atoms with Crippen molar-refractivity contribution < 1.29 is 47.6 Å². The van der Waals surface area contributed by atoms with Crippen molar-refractivity contribution in [3.8, 4) is 11.5 Å². The summed E-state index contributed by atoms with van der Waals surface area (Å²) >= 11 is 0. The Morgan fingerprint density at radius 3 is 2.05 bits per heavy atom. The molecule has 0 aromatic heterocycles. The number of methoxy groups -OCH3 is 1. The van der Waals surface area contributed by atoms with Gasteiger partial charge in [-0.15, -0.1) is 0 Å². The van der Waals surface area contributed by atoms with Crippen molar-refractivity contribution in [1.29, 1.82) is 0 Å². The van der Waals surface area contributed by atoms with Crippen LogP contribution in [-0.4, -0.2) is 63.8 Å². The van der Waals surface area contributed by atoms with Gasteiger partial charge in [-0.05, 0) is 49.3 Å². The van der Waals surface area contributed by atoms with Crippen LogP contribution in [0.25, 0.3) is 0 Å². The lowest BCUT2D eigenvalue weighted by molar-refractivity contribution is -0.144. The van der Waals surface area contributed by atoms with Crippen LogP contribution in [-0.2, 0) is 35.0 Å². The third-order valence-electron chi connectivity index (χ3n) is 4.85. The van der Waals surface area contributed by atoms with Crippen molar-refractivity contribution in [3.05, 3.63) is 23.8 Å². The molecule has 0 radical (unpaired) electrons. The molecule has 0 aliphatic heterocycles. The fraction of sp³-hybridized carbons (Fsp3) is 0.615. The quantitative estimate of drug-likeness (QED) is 0.144. The number of ether oxygens (including phenoxy) is 6. The summed E-state index contributed by atoms with van der Waals surface area (Å²) in [5.41, 5.74) is 0.574. The highest BCUT2D eigenvalue weighted by molar-refractivity contribution is 5.76. The predicted molar refractivity (Wildman–Crippen MR) is 134 cm³/mol. The van der Waals surface area contributed by atoms with Crippen LogP contribution in [0.1, 0.15) is 58.9 Å². The standard InChI is InChI=1S/C26H39NO10/c1-6-13-34-25(30)36-21-10-9-19(17-22(21)37-26(31)35-14-7-2)16-20(24(29)32-5)27-12-15-33-23(28)11-8-18(3)4/h9-10,17-18,20,27H,6-8,11-16H2,1-5H3/t20-/m0/s1. The molecule has 1 aromatic carbocycles. The number of carbonyl (C=O) groups excluding carboxylic acids is 4. The van der Waals surface area contributed by atoms with E-state index in [0.29, 0.717) is 30.7 Å². The van der Waals surface area contributed by atoms with Crippen molar-refractivity contribution in [2.45, 2.75) is 65.8 Å². The maximum atomic E-state index is 12.3. The molecule has 11 heteroatoms. The zero-order valence-electron chi connectivity index (χ0n) is 22.3. The molecular formula is C26H39NO10. The SMILES string of the molecule is CCCOC(=O)Oc1ccc(C[C@H](NCCOC(=O)CCC(C)C)C(=O)OC)cc1OC(=O)OCCC. The van der Waals surface area contributed by atoms with Crippen molar-refractivity contribution in [3.63, 3.8) is 0 Å². The molecule has 0 unspecified atom stereocenters. The first-order valence-electron chi connectivity index (χ1n) is 12.5. The van der Waals surface area contributed by atoms with Crippen molar-refractivity contribution >= 4 is 24.2 Å². The Bertz CT molecular complexity index is 871. The van der Waals surface area contributed by atoms with Crippen molar-refractivity contribution in [1.82, 2.24) is 5.32 Å². The van der Waals surface area contributed by atoms with E-state index in [9.17, 15) is 19.2 Å². The average Bonchev–Trinajstić information content (AvgIpc) is 2.87. The second-order valence-corrected chi connectivity index (χ2v) is 8.57. The number of rotatable bonds is 16. The van der Waals surface area contributed by atoms with Gasteiger partial charge in [-0.25, -0.2) is 9.59 Å². The molecule has 0 heterocycles. The lowest BCUT2D eigenvalue weighted by Crippen LogP contribution is -2.41. The molecule has 0 saturated heterocycles. The van der Waals surface area contributed by atoms with Crippen molar-refractivity contribution in [2.24, 2.45) is 5.92 Å². The fourth-order valence-electron chi connectivity index (χ4n) is 2.95. The molecule has 1 rings (SSSR count). The number of benzene rings is 1. The van der Waals surface area contributed by atoms with E-state index in [1.807, 2.05) is 27.7 Å². The van der Waals surface area contributed by atoms with E-state index >= 15 is 0 Å². The maximum absolute atomic E-state index is 12.3. The molecule has 1 atom stereocenters. The summed E-state index contributed by atoms with van der Waals surface area (Å²) in [4.78, 5) is 48.1. The van der Waals surface area contributed by atoms with Gasteiger partial charge in [0.15, 0.2) is 11.5 Å². The molecule has 0 aliphatic carbocycles. The minimum atomic E-state index is -0.965. The molecule has 0 spiro atoms. The van der Waals surface area contributed by atoms with Gasteiger partial charge in [0.1, 0.15) is 12.6 Å². The van der Waals surface area contributed by atoms with Crippen LogP contribution in [0.2, 0.25) is 0 Å². The van der Waals surface area contributed by atoms with Gasteiger partial charge in [0, 0.05) is 13.0 Å². The lowest BCUT2D eigenvalue weighted by Gasteiger charge is -2.18. The molecule has 0 bridgehead atoms. The summed E-state index contributed by atoms with van der Waals surface area (Å²) in [5.74, 6) is -0.547. The van der Waals surface area contributed by atoms with Gasteiger partial charge in [-0.3, -0.25) is 9.59 Å². The largest absolute Gasteiger partial charge is 0.513 e. The number of nitrogens with one attached hydrogen (secondary N) is 1. The first-order chi connectivity index (χ1) is 17.7. The van der Waals surface area contributed by atoms with Crippen LogP contribution in [0.3, 0.4) is 0 Å². The minimum Gasteiger partial charge on any atom is -0.468 e. The highest BCUT2D eigenvalue weighted by Gasteiger charge is 2.22. The smallest absolute Gasteiger partial charge is 0.468 e. The van der Waals surface area contributed by atoms with Crippen LogP contribution in [0.15, 0.2) is 18.2 Å². The molecule has 0 aliphatic rings. The van der Waals surface area contributed by atoms with Crippen LogP contribution < -0.4 is 14.8 Å². The monoisotopic (exact) mass is 525 g/mol. The highest BCUT2D eigenvalue weighted by Crippen LogP contribution is 2.30. The third kappa shape index (κ3) is 13.5. The number of esters is 2. The fourth-order valence-corrected chi connectivity index (χ4v) is 2.95. The number of carbonyl (C=O) groups is 4. The van der Waals surface area contributed by atoms with Gasteiger partial charge >= 0.3 is 24.2 Å². The second kappa shape index (κ2) is 18.0. The Kier molecular flexibility index (Phi) is 15.4. The van der Waals surface area contributed by atoms with Gasteiger partial charge < -0.3 is 33.7 Å². The molecule has 11 nitrogen and oxygen atoms in total. The van der Waals surface area contributed by atoms with Gasteiger partial charge in [-0.2, -0.15) is 0 Å². The first kappa shape index (κ1) is 31.7. The van der Waals surface area contributed by atoms with Crippen LogP contribution >= 0.6 is 0 Å². The first-order valence-corrected chi connectivity index (χ1v) is 12.5. The van der Waals surface area contributed by atoms with Gasteiger partial charge in [0.2, 0.25) is 0 Å².